The summed E-state index contributed by atoms with van der Waals surface area (Å²) in [4.78, 5) is -0.0901. The first-order chi connectivity index (χ1) is 9.03. The highest BCUT2D eigenvalue weighted by molar-refractivity contribution is 7.89. The molecule has 0 atom stereocenters. The molecule has 6 nitrogen and oxygen atoms in total. The second-order valence-corrected chi connectivity index (χ2v) is 5.70. The zero-order chi connectivity index (χ0) is 13.9. The molecule has 0 aliphatic heterocycles. The minimum absolute atomic E-state index is 0.0101. The largest absolute Gasteiger partial charge is 0.360 e. The average Bonchev–Trinajstić information content (AvgIpc) is 2.89. The van der Waals surface area contributed by atoms with E-state index in [1.165, 1.54) is 24.4 Å². The molecule has 19 heavy (non-hydrogen) atoms. The zero-order valence-corrected chi connectivity index (χ0v) is 11.1. The van der Waals surface area contributed by atoms with Crippen LogP contribution >= 0.6 is 11.6 Å². The fourth-order valence-electron chi connectivity index (χ4n) is 1.37. The van der Waals surface area contributed by atoms with Crippen molar-refractivity contribution in [3.8, 4) is 6.07 Å². The van der Waals surface area contributed by atoms with Crippen molar-refractivity contribution in [1.29, 1.82) is 5.26 Å². The molecule has 0 radical (unpaired) electrons. The number of nitrogens with one attached hydrogen (secondary N) is 1. The molecular weight excluding hydrogens is 290 g/mol. The van der Waals surface area contributed by atoms with Gasteiger partial charge in [-0.15, -0.1) is 0 Å². The first kappa shape index (κ1) is 13.5. The van der Waals surface area contributed by atoms with Gasteiger partial charge in [-0.05, 0) is 18.2 Å². The Morgan fingerprint density at radius 2 is 2.21 bits per heavy atom. The Bertz CT molecular complexity index is 720. The summed E-state index contributed by atoms with van der Waals surface area (Å²) in [6.07, 6.45) is 1.42. The Hall–Kier alpha value is -1.88. The maximum atomic E-state index is 12.0. The van der Waals surface area contributed by atoms with Crippen molar-refractivity contribution in [2.24, 2.45) is 0 Å². The molecule has 2 aromatic rings. The van der Waals surface area contributed by atoms with Crippen LogP contribution in [0.2, 0.25) is 5.02 Å². The fourth-order valence-corrected chi connectivity index (χ4v) is 2.90. The van der Waals surface area contributed by atoms with Crippen LogP contribution in [0.3, 0.4) is 0 Å². The van der Waals surface area contributed by atoms with Gasteiger partial charge in [-0.25, -0.2) is 13.1 Å². The average molecular weight is 298 g/mol. The predicted octanol–water partition coefficient (Wildman–Crippen LogP) is 1.68. The Morgan fingerprint density at radius 3 is 2.79 bits per heavy atom. The molecule has 0 unspecified atom stereocenters. The summed E-state index contributed by atoms with van der Waals surface area (Å²) in [6, 6.07) is 7.38. The SMILES string of the molecule is N#Cc1ccc(S(=O)(=O)NCc2ccno2)c(Cl)c1. The highest BCUT2D eigenvalue weighted by atomic mass is 35.5. The normalized spacial score (nSPS) is 11.2. The summed E-state index contributed by atoms with van der Waals surface area (Å²) in [5, 5.41) is 12.1. The number of nitriles is 1. The molecular formula is C11H8ClN3O3S. The van der Waals surface area contributed by atoms with Gasteiger partial charge < -0.3 is 4.52 Å². The first-order valence-corrected chi connectivity index (χ1v) is 6.98. The molecule has 8 heteroatoms. The molecule has 0 fully saturated rings. The number of halogens is 1. The van der Waals surface area contributed by atoms with Crippen molar-refractivity contribution < 1.29 is 12.9 Å². The second-order valence-electron chi connectivity index (χ2n) is 3.56. The van der Waals surface area contributed by atoms with Crippen LogP contribution in [0.5, 0.6) is 0 Å². The van der Waals surface area contributed by atoms with Crippen LogP contribution in [0.15, 0.2) is 39.9 Å². The van der Waals surface area contributed by atoms with Gasteiger partial charge in [-0.3, -0.25) is 0 Å². The van der Waals surface area contributed by atoms with Crippen LogP contribution in [0.1, 0.15) is 11.3 Å². The lowest BCUT2D eigenvalue weighted by Crippen LogP contribution is -2.23. The lowest BCUT2D eigenvalue weighted by molar-refractivity contribution is 0.380. The Balaban J connectivity index is 2.22. The van der Waals surface area contributed by atoms with E-state index >= 15 is 0 Å². The van der Waals surface area contributed by atoms with Gasteiger partial charge in [0.15, 0.2) is 5.76 Å². The smallest absolute Gasteiger partial charge is 0.242 e. The topological polar surface area (TPSA) is 96.0 Å². The molecule has 0 spiro atoms. The molecule has 1 heterocycles. The highest BCUT2D eigenvalue weighted by Crippen LogP contribution is 2.22. The summed E-state index contributed by atoms with van der Waals surface area (Å²) in [6.45, 7) is -0.0291. The van der Waals surface area contributed by atoms with E-state index in [4.69, 9.17) is 21.4 Å². The van der Waals surface area contributed by atoms with Crippen molar-refractivity contribution in [2.75, 3.05) is 0 Å². The maximum Gasteiger partial charge on any atom is 0.242 e. The molecule has 1 aromatic heterocycles. The summed E-state index contributed by atoms with van der Waals surface area (Å²) >= 11 is 5.85. The monoisotopic (exact) mass is 297 g/mol. The summed E-state index contributed by atoms with van der Waals surface area (Å²) in [5.41, 5.74) is 0.291. The lowest BCUT2D eigenvalue weighted by Gasteiger charge is -2.07. The van der Waals surface area contributed by atoms with Gasteiger partial charge in [-0.1, -0.05) is 16.8 Å². The van der Waals surface area contributed by atoms with E-state index in [-0.39, 0.29) is 16.5 Å². The first-order valence-electron chi connectivity index (χ1n) is 5.12. The molecule has 0 bridgehead atoms. The number of nitrogens with zero attached hydrogens (tertiary/aromatic N) is 2. The van der Waals surface area contributed by atoms with Gasteiger partial charge in [-0.2, -0.15) is 5.26 Å². The molecule has 1 N–H and O–H groups in total. The number of aromatic nitrogens is 1. The van der Waals surface area contributed by atoms with Gasteiger partial charge in [0.25, 0.3) is 0 Å². The Labute approximate surface area is 114 Å². The van der Waals surface area contributed by atoms with Crippen LogP contribution in [0.25, 0.3) is 0 Å². The molecule has 1 aromatic carbocycles. The predicted molar refractivity (Wildman–Crippen MR) is 66.7 cm³/mol. The van der Waals surface area contributed by atoms with Crippen molar-refractivity contribution in [1.82, 2.24) is 9.88 Å². The van der Waals surface area contributed by atoms with Gasteiger partial charge in [0.1, 0.15) is 4.90 Å². The van der Waals surface area contributed by atoms with Gasteiger partial charge in [0, 0.05) is 6.07 Å². The van der Waals surface area contributed by atoms with Crippen molar-refractivity contribution in [2.45, 2.75) is 11.4 Å². The molecule has 0 aliphatic carbocycles. The van der Waals surface area contributed by atoms with Crippen LogP contribution < -0.4 is 4.72 Å². The van der Waals surface area contributed by atoms with Crippen molar-refractivity contribution in [3.63, 3.8) is 0 Å². The minimum Gasteiger partial charge on any atom is -0.360 e. The number of hydrogen-bond donors (Lipinski definition) is 1. The van der Waals surface area contributed by atoms with E-state index < -0.39 is 10.0 Å². The molecule has 0 aliphatic rings. The van der Waals surface area contributed by atoms with E-state index in [1.807, 2.05) is 6.07 Å². The third kappa shape index (κ3) is 3.12. The molecule has 0 saturated carbocycles. The summed E-state index contributed by atoms with van der Waals surface area (Å²) < 4.78 is 31.1. The van der Waals surface area contributed by atoms with E-state index in [9.17, 15) is 8.42 Å². The number of rotatable bonds is 4. The van der Waals surface area contributed by atoms with Gasteiger partial charge in [0.05, 0.1) is 29.4 Å². The highest BCUT2D eigenvalue weighted by Gasteiger charge is 2.18. The molecule has 0 amide bonds. The van der Waals surface area contributed by atoms with Crippen molar-refractivity contribution in [3.05, 3.63) is 46.8 Å². The molecule has 0 saturated heterocycles. The van der Waals surface area contributed by atoms with Crippen LogP contribution in [-0.4, -0.2) is 13.6 Å². The summed E-state index contributed by atoms with van der Waals surface area (Å²) in [5.74, 6) is 0.383. The maximum absolute atomic E-state index is 12.0. The zero-order valence-electron chi connectivity index (χ0n) is 9.50. The van der Waals surface area contributed by atoms with E-state index in [0.717, 1.165) is 0 Å². The van der Waals surface area contributed by atoms with E-state index in [0.29, 0.717) is 11.3 Å². The van der Waals surface area contributed by atoms with Crippen LogP contribution in [0.4, 0.5) is 0 Å². The lowest BCUT2D eigenvalue weighted by atomic mass is 10.2. The molecule has 2 rings (SSSR count). The van der Waals surface area contributed by atoms with Crippen molar-refractivity contribution >= 4 is 21.6 Å². The summed E-state index contributed by atoms with van der Waals surface area (Å²) in [7, 11) is -3.77. The standard InChI is InChI=1S/C11H8ClN3O3S/c12-10-5-8(6-13)1-2-11(10)19(16,17)15-7-9-3-4-14-18-9/h1-5,15H,7H2. The van der Waals surface area contributed by atoms with Crippen LogP contribution in [-0.2, 0) is 16.6 Å². The van der Waals surface area contributed by atoms with Gasteiger partial charge >= 0.3 is 0 Å². The van der Waals surface area contributed by atoms with E-state index in [1.54, 1.807) is 6.07 Å². The quantitative estimate of drug-likeness (QED) is 0.926. The second kappa shape index (κ2) is 5.40. The van der Waals surface area contributed by atoms with E-state index in [2.05, 4.69) is 9.88 Å². The minimum atomic E-state index is -3.77. The number of hydrogen-bond acceptors (Lipinski definition) is 5. The third-order valence-corrected chi connectivity index (χ3v) is 4.16. The Morgan fingerprint density at radius 1 is 1.42 bits per heavy atom. The number of benzene rings is 1. The third-order valence-electron chi connectivity index (χ3n) is 2.28. The fraction of sp³-hybridized carbons (Fsp3) is 0.0909. The molecule has 98 valence electrons. The number of sulfonamides is 1. The van der Waals surface area contributed by atoms with Crippen LogP contribution in [0, 0.1) is 11.3 Å². The Kier molecular flexibility index (Phi) is 3.85. The van der Waals surface area contributed by atoms with Gasteiger partial charge in [0.2, 0.25) is 10.0 Å².